The molecule has 0 spiro atoms. The van der Waals surface area contributed by atoms with Crippen molar-refractivity contribution in [3.05, 3.63) is 88.8 Å². The average Bonchev–Trinajstić information content (AvgIpc) is 3.45. The SMILES string of the molecule is CCCOc1ccc(/C(O)=C2\C(=O)C(=O)N(c3nc4ccc(C(C)(C)C)cc4s3)C2c2cccnc2)cc1C. The quantitative estimate of drug-likeness (QED) is 0.166. The summed E-state index contributed by atoms with van der Waals surface area (Å²) in [6.45, 7) is 10.9. The van der Waals surface area contributed by atoms with Gasteiger partial charge in [0.15, 0.2) is 5.13 Å². The molecule has 2 aromatic carbocycles. The predicted molar refractivity (Wildman–Crippen MR) is 154 cm³/mol. The Balaban J connectivity index is 1.64. The zero-order valence-electron chi connectivity index (χ0n) is 22.7. The number of aryl methyl sites for hydroxylation is 1. The number of carbonyl (C=O) groups excluding carboxylic acids is 2. The van der Waals surface area contributed by atoms with E-state index in [4.69, 9.17) is 9.72 Å². The van der Waals surface area contributed by atoms with Gasteiger partial charge in [-0.1, -0.05) is 51.2 Å². The topological polar surface area (TPSA) is 92.6 Å². The zero-order chi connectivity index (χ0) is 27.9. The minimum Gasteiger partial charge on any atom is -0.507 e. The van der Waals surface area contributed by atoms with E-state index in [0.29, 0.717) is 28.6 Å². The smallest absolute Gasteiger partial charge is 0.301 e. The number of pyridine rings is 1. The van der Waals surface area contributed by atoms with E-state index in [1.165, 1.54) is 16.2 Å². The highest BCUT2D eigenvalue weighted by atomic mass is 32.1. The van der Waals surface area contributed by atoms with Crippen LogP contribution in [0.15, 0.2) is 66.5 Å². The molecule has 3 heterocycles. The number of amides is 1. The summed E-state index contributed by atoms with van der Waals surface area (Å²) >= 11 is 1.35. The van der Waals surface area contributed by atoms with Gasteiger partial charge in [0, 0.05) is 18.0 Å². The molecule has 200 valence electrons. The Labute approximate surface area is 231 Å². The van der Waals surface area contributed by atoms with Crippen molar-refractivity contribution in [3.63, 3.8) is 0 Å². The van der Waals surface area contributed by atoms with E-state index in [2.05, 4.69) is 31.8 Å². The molecule has 1 unspecified atom stereocenters. The Kier molecular flexibility index (Phi) is 6.99. The number of rotatable bonds is 6. The number of carbonyl (C=O) groups is 2. The third-order valence-electron chi connectivity index (χ3n) is 6.80. The number of nitrogens with zero attached hydrogens (tertiary/aromatic N) is 3. The number of Topliss-reactive ketones (excluding diaryl/α,β-unsaturated/α-hetero) is 1. The van der Waals surface area contributed by atoms with Crippen molar-refractivity contribution in [2.24, 2.45) is 0 Å². The Hall–Kier alpha value is -4.04. The van der Waals surface area contributed by atoms with E-state index in [-0.39, 0.29) is 16.7 Å². The first-order valence-electron chi connectivity index (χ1n) is 13.0. The van der Waals surface area contributed by atoms with E-state index in [1.54, 1.807) is 42.7 Å². The fraction of sp³-hybridized carbons (Fsp3) is 0.290. The Bertz CT molecular complexity index is 1600. The predicted octanol–water partition coefficient (Wildman–Crippen LogP) is 6.71. The van der Waals surface area contributed by atoms with Crippen molar-refractivity contribution in [2.75, 3.05) is 11.5 Å². The summed E-state index contributed by atoms with van der Waals surface area (Å²) in [6, 6.07) is 14.0. The van der Waals surface area contributed by atoms with Crippen molar-refractivity contribution in [2.45, 2.75) is 52.5 Å². The molecule has 1 saturated heterocycles. The van der Waals surface area contributed by atoms with Crippen molar-refractivity contribution in [3.8, 4) is 5.75 Å². The van der Waals surface area contributed by atoms with Gasteiger partial charge >= 0.3 is 5.91 Å². The lowest BCUT2D eigenvalue weighted by Gasteiger charge is -2.22. The molecule has 1 N–H and O–H groups in total. The molecule has 1 aliphatic rings. The number of aromatic nitrogens is 2. The van der Waals surface area contributed by atoms with Gasteiger partial charge in [0.1, 0.15) is 11.5 Å². The number of ether oxygens (including phenoxy) is 1. The standard InChI is InChI=1S/C31H31N3O4S/c1-6-14-38-23-12-9-19(15-18(23)2)27(35)25-26(20-8-7-13-32-17-20)34(29(37)28(25)36)30-33-22-11-10-21(31(3,4)5)16-24(22)39-30/h7-13,15-17,26,35H,6,14H2,1-5H3/b27-25+. The molecule has 1 atom stereocenters. The minimum absolute atomic E-state index is 0.00395. The molecule has 0 radical (unpaired) electrons. The summed E-state index contributed by atoms with van der Waals surface area (Å²) in [6.07, 6.45) is 4.10. The minimum atomic E-state index is -0.877. The fourth-order valence-electron chi connectivity index (χ4n) is 4.69. The van der Waals surface area contributed by atoms with Crippen LogP contribution in [0.2, 0.25) is 0 Å². The summed E-state index contributed by atoms with van der Waals surface area (Å²) in [5, 5.41) is 11.9. The molecule has 1 amide bonds. The molecule has 0 saturated carbocycles. The molecule has 0 bridgehead atoms. The molecule has 2 aromatic heterocycles. The van der Waals surface area contributed by atoms with E-state index in [9.17, 15) is 14.7 Å². The van der Waals surface area contributed by atoms with Crippen molar-refractivity contribution in [1.29, 1.82) is 0 Å². The van der Waals surface area contributed by atoms with Gasteiger partial charge in [-0.15, -0.1) is 0 Å². The molecular weight excluding hydrogens is 510 g/mol. The maximum Gasteiger partial charge on any atom is 0.301 e. The van der Waals surface area contributed by atoms with Gasteiger partial charge < -0.3 is 9.84 Å². The lowest BCUT2D eigenvalue weighted by atomic mass is 9.87. The lowest BCUT2D eigenvalue weighted by Crippen LogP contribution is -2.29. The molecular formula is C31H31N3O4S. The third kappa shape index (κ3) is 4.92. The number of hydrogen-bond donors (Lipinski definition) is 1. The van der Waals surface area contributed by atoms with Crippen LogP contribution in [0, 0.1) is 6.92 Å². The number of aliphatic hydroxyl groups excluding tert-OH is 1. The monoisotopic (exact) mass is 541 g/mol. The van der Waals surface area contributed by atoms with Crippen LogP contribution < -0.4 is 9.64 Å². The van der Waals surface area contributed by atoms with Gasteiger partial charge in [0.25, 0.3) is 5.78 Å². The Morgan fingerprint density at radius 1 is 1.13 bits per heavy atom. The van der Waals surface area contributed by atoms with Gasteiger partial charge in [-0.3, -0.25) is 19.5 Å². The van der Waals surface area contributed by atoms with Gasteiger partial charge in [-0.05, 0) is 71.8 Å². The summed E-state index contributed by atoms with van der Waals surface area (Å²) in [7, 11) is 0. The first-order chi connectivity index (χ1) is 18.6. The van der Waals surface area contributed by atoms with E-state index >= 15 is 0 Å². The highest BCUT2D eigenvalue weighted by Gasteiger charge is 2.48. The Morgan fingerprint density at radius 2 is 1.92 bits per heavy atom. The fourth-order valence-corrected chi connectivity index (χ4v) is 5.72. The van der Waals surface area contributed by atoms with Gasteiger partial charge in [0.2, 0.25) is 0 Å². The average molecular weight is 542 g/mol. The largest absolute Gasteiger partial charge is 0.507 e. The molecule has 7 nitrogen and oxygen atoms in total. The van der Waals surface area contributed by atoms with Crippen LogP contribution in [0.4, 0.5) is 5.13 Å². The van der Waals surface area contributed by atoms with Gasteiger partial charge in [-0.25, -0.2) is 4.98 Å². The molecule has 1 aliphatic heterocycles. The second-order valence-corrected chi connectivity index (χ2v) is 11.7. The highest BCUT2D eigenvalue weighted by molar-refractivity contribution is 7.22. The Morgan fingerprint density at radius 3 is 2.59 bits per heavy atom. The van der Waals surface area contributed by atoms with Crippen LogP contribution in [0.1, 0.15) is 62.4 Å². The van der Waals surface area contributed by atoms with Crippen LogP contribution in [-0.2, 0) is 15.0 Å². The third-order valence-corrected chi connectivity index (χ3v) is 7.82. The summed E-state index contributed by atoms with van der Waals surface area (Å²) < 4.78 is 6.68. The number of ketones is 1. The van der Waals surface area contributed by atoms with Crippen LogP contribution in [0.3, 0.4) is 0 Å². The molecule has 8 heteroatoms. The first kappa shape index (κ1) is 26.6. The highest BCUT2D eigenvalue weighted by Crippen LogP contribution is 2.44. The summed E-state index contributed by atoms with van der Waals surface area (Å²) in [5.41, 5.74) is 3.71. The molecule has 4 aromatic rings. The lowest BCUT2D eigenvalue weighted by molar-refractivity contribution is -0.132. The van der Waals surface area contributed by atoms with Gasteiger partial charge in [0.05, 0.1) is 28.4 Å². The molecule has 5 rings (SSSR count). The summed E-state index contributed by atoms with van der Waals surface area (Å²) in [5.74, 6) is -1.03. The summed E-state index contributed by atoms with van der Waals surface area (Å²) in [4.78, 5) is 37.4. The number of benzene rings is 2. The van der Waals surface area contributed by atoms with Crippen molar-refractivity contribution >= 4 is 44.1 Å². The molecule has 1 fully saturated rings. The van der Waals surface area contributed by atoms with Crippen LogP contribution in [0.25, 0.3) is 16.0 Å². The van der Waals surface area contributed by atoms with Crippen LogP contribution in [-0.4, -0.2) is 33.4 Å². The number of fused-ring (bicyclic) bond motifs is 1. The number of thiazole rings is 1. The number of aliphatic hydroxyl groups is 1. The second-order valence-electron chi connectivity index (χ2n) is 10.7. The maximum absolute atomic E-state index is 13.5. The van der Waals surface area contributed by atoms with Gasteiger partial charge in [-0.2, -0.15) is 0 Å². The first-order valence-corrected chi connectivity index (χ1v) is 13.8. The number of hydrogen-bond acceptors (Lipinski definition) is 7. The van der Waals surface area contributed by atoms with Crippen LogP contribution in [0.5, 0.6) is 5.75 Å². The zero-order valence-corrected chi connectivity index (χ0v) is 23.5. The normalized spacial score (nSPS) is 17.3. The molecule has 39 heavy (non-hydrogen) atoms. The number of anilines is 1. The maximum atomic E-state index is 13.5. The van der Waals surface area contributed by atoms with Crippen molar-refractivity contribution in [1.82, 2.24) is 9.97 Å². The van der Waals surface area contributed by atoms with E-state index in [0.717, 1.165) is 27.8 Å². The van der Waals surface area contributed by atoms with Crippen molar-refractivity contribution < 1.29 is 19.4 Å². The molecule has 0 aliphatic carbocycles. The van der Waals surface area contributed by atoms with Crippen LogP contribution >= 0.6 is 11.3 Å². The second kappa shape index (κ2) is 10.3. The van der Waals surface area contributed by atoms with E-state index in [1.807, 2.05) is 26.0 Å². The van der Waals surface area contributed by atoms with E-state index < -0.39 is 17.7 Å².